The fourth-order valence-electron chi connectivity index (χ4n) is 2.40. The van der Waals surface area contributed by atoms with Crippen LogP contribution in [-0.4, -0.2) is 15.9 Å². The van der Waals surface area contributed by atoms with Gasteiger partial charge in [-0.15, -0.1) is 11.3 Å². The number of nitrogens with zero attached hydrogens (tertiary/aromatic N) is 2. The highest BCUT2D eigenvalue weighted by molar-refractivity contribution is 7.20. The highest BCUT2D eigenvalue weighted by Gasteiger charge is 2.12. The topological polar surface area (TPSA) is 54.9 Å². The molecule has 118 valence electrons. The summed E-state index contributed by atoms with van der Waals surface area (Å²) in [4.78, 5) is 21.0. The molecule has 3 heterocycles. The summed E-state index contributed by atoms with van der Waals surface area (Å²) < 4.78 is 1.02. The van der Waals surface area contributed by atoms with Gasteiger partial charge in [-0.05, 0) is 46.2 Å². The van der Waals surface area contributed by atoms with E-state index in [-0.39, 0.29) is 5.91 Å². The second-order valence-corrected chi connectivity index (χ2v) is 7.07. The number of rotatable bonds is 4. The number of fused-ring (bicyclic) bond motifs is 1. The summed E-state index contributed by atoms with van der Waals surface area (Å²) in [6.07, 6.45) is 3.61. The number of pyridine rings is 1. The third-order valence-corrected chi connectivity index (χ3v) is 5.31. The van der Waals surface area contributed by atoms with Gasteiger partial charge in [0.15, 0.2) is 5.01 Å². The smallest absolute Gasteiger partial charge is 0.280 e. The first-order chi connectivity index (χ1) is 11.8. The largest absolute Gasteiger partial charge is 0.346 e. The van der Waals surface area contributed by atoms with E-state index in [0.717, 1.165) is 26.9 Å². The molecule has 0 atom stereocenters. The lowest BCUT2D eigenvalue weighted by Crippen LogP contribution is -2.22. The van der Waals surface area contributed by atoms with E-state index in [1.54, 1.807) is 17.5 Å². The molecular formula is C18H13N3OS2. The van der Waals surface area contributed by atoms with Crippen molar-refractivity contribution < 1.29 is 4.79 Å². The van der Waals surface area contributed by atoms with Crippen LogP contribution >= 0.6 is 22.7 Å². The van der Waals surface area contributed by atoms with E-state index < -0.39 is 0 Å². The van der Waals surface area contributed by atoms with Crippen molar-refractivity contribution in [2.75, 3.05) is 0 Å². The van der Waals surface area contributed by atoms with Gasteiger partial charge in [0.25, 0.3) is 5.91 Å². The number of para-hydroxylation sites is 1. The standard InChI is InChI=1S/C18H13N3OS2/c22-17(18-21-15-3-1-2-4-16(15)24-18)20-9-12-7-14(10-19-8-12)13-5-6-23-11-13/h1-8,10-11H,9H2,(H,20,22). The Hall–Kier alpha value is -2.57. The van der Waals surface area contributed by atoms with Gasteiger partial charge in [0.1, 0.15) is 0 Å². The quantitative estimate of drug-likeness (QED) is 0.595. The third kappa shape index (κ3) is 3.06. The molecule has 4 aromatic rings. The Labute approximate surface area is 146 Å². The fourth-order valence-corrected chi connectivity index (χ4v) is 3.95. The van der Waals surface area contributed by atoms with E-state index in [0.29, 0.717) is 11.6 Å². The SMILES string of the molecule is O=C(NCc1cncc(-c2ccsc2)c1)c1nc2ccccc2s1. The average molecular weight is 351 g/mol. The molecule has 0 unspecified atom stereocenters. The minimum Gasteiger partial charge on any atom is -0.346 e. The molecule has 0 spiro atoms. The molecule has 0 fully saturated rings. The van der Waals surface area contributed by atoms with Gasteiger partial charge < -0.3 is 5.32 Å². The van der Waals surface area contributed by atoms with E-state index >= 15 is 0 Å². The van der Waals surface area contributed by atoms with Gasteiger partial charge in [-0.3, -0.25) is 9.78 Å². The van der Waals surface area contributed by atoms with Crippen molar-refractivity contribution in [3.63, 3.8) is 0 Å². The first-order valence-corrected chi connectivity index (χ1v) is 9.16. The van der Waals surface area contributed by atoms with E-state index in [1.165, 1.54) is 11.3 Å². The maximum Gasteiger partial charge on any atom is 0.280 e. The number of benzene rings is 1. The average Bonchev–Trinajstić information content (AvgIpc) is 3.29. The Balaban J connectivity index is 1.48. The molecule has 1 N–H and O–H groups in total. The summed E-state index contributed by atoms with van der Waals surface area (Å²) in [6.45, 7) is 0.430. The third-order valence-electron chi connectivity index (χ3n) is 3.59. The Morgan fingerprint density at radius 3 is 2.88 bits per heavy atom. The predicted molar refractivity (Wildman–Crippen MR) is 98.3 cm³/mol. The summed E-state index contributed by atoms with van der Waals surface area (Å²) in [6, 6.07) is 11.9. The van der Waals surface area contributed by atoms with Crippen LogP contribution in [0.15, 0.2) is 59.6 Å². The molecule has 1 aromatic carbocycles. The molecule has 3 aromatic heterocycles. The second-order valence-electron chi connectivity index (χ2n) is 5.26. The molecule has 0 aliphatic heterocycles. The van der Waals surface area contributed by atoms with Crippen LogP contribution in [0.3, 0.4) is 0 Å². The first-order valence-electron chi connectivity index (χ1n) is 7.40. The van der Waals surface area contributed by atoms with Gasteiger partial charge in [-0.25, -0.2) is 4.98 Å². The maximum atomic E-state index is 12.3. The number of aromatic nitrogens is 2. The van der Waals surface area contributed by atoms with E-state index in [9.17, 15) is 4.79 Å². The lowest BCUT2D eigenvalue weighted by Gasteiger charge is -2.05. The van der Waals surface area contributed by atoms with Crippen molar-refractivity contribution in [2.24, 2.45) is 0 Å². The van der Waals surface area contributed by atoms with Crippen molar-refractivity contribution >= 4 is 38.8 Å². The zero-order chi connectivity index (χ0) is 16.4. The van der Waals surface area contributed by atoms with Crippen LogP contribution < -0.4 is 5.32 Å². The minimum absolute atomic E-state index is 0.155. The number of amides is 1. The summed E-state index contributed by atoms with van der Waals surface area (Å²) in [5, 5.41) is 7.53. The highest BCUT2D eigenvalue weighted by atomic mass is 32.1. The molecule has 0 aliphatic carbocycles. The van der Waals surface area contributed by atoms with Crippen molar-refractivity contribution in [1.29, 1.82) is 0 Å². The van der Waals surface area contributed by atoms with Crippen LogP contribution in [0.1, 0.15) is 15.4 Å². The number of carbonyl (C=O) groups excluding carboxylic acids is 1. The van der Waals surface area contributed by atoms with Crippen LogP contribution in [0.5, 0.6) is 0 Å². The predicted octanol–water partition coefficient (Wildman–Crippen LogP) is 4.35. The minimum atomic E-state index is -0.155. The molecular weight excluding hydrogens is 338 g/mol. The van der Waals surface area contributed by atoms with Crippen molar-refractivity contribution in [3.05, 3.63) is 70.1 Å². The summed E-state index contributed by atoms with van der Waals surface area (Å²) >= 11 is 3.06. The van der Waals surface area contributed by atoms with Gasteiger partial charge in [0, 0.05) is 24.5 Å². The van der Waals surface area contributed by atoms with E-state index in [4.69, 9.17) is 0 Å². The number of thiazole rings is 1. The zero-order valence-electron chi connectivity index (χ0n) is 12.6. The molecule has 0 saturated heterocycles. The Morgan fingerprint density at radius 1 is 1.12 bits per heavy atom. The van der Waals surface area contributed by atoms with E-state index in [1.807, 2.05) is 41.9 Å². The highest BCUT2D eigenvalue weighted by Crippen LogP contribution is 2.23. The van der Waals surface area contributed by atoms with Crippen molar-refractivity contribution in [1.82, 2.24) is 15.3 Å². The van der Waals surface area contributed by atoms with Crippen LogP contribution in [0.2, 0.25) is 0 Å². The Morgan fingerprint density at radius 2 is 2.04 bits per heavy atom. The Kier molecular flexibility index (Phi) is 4.06. The fraction of sp³-hybridized carbons (Fsp3) is 0.0556. The van der Waals surface area contributed by atoms with Gasteiger partial charge in [-0.2, -0.15) is 11.3 Å². The molecule has 0 radical (unpaired) electrons. The van der Waals surface area contributed by atoms with Crippen molar-refractivity contribution in [3.8, 4) is 11.1 Å². The van der Waals surface area contributed by atoms with Crippen LogP contribution in [0.4, 0.5) is 0 Å². The van der Waals surface area contributed by atoms with Gasteiger partial charge in [0.2, 0.25) is 0 Å². The van der Waals surface area contributed by atoms with Crippen LogP contribution in [-0.2, 0) is 6.54 Å². The van der Waals surface area contributed by atoms with Crippen molar-refractivity contribution in [2.45, 2.75) is 6.54 Å². The number of nitrogens with one attached hydrogen (secondary N) is 1. The van der Waals surface area contributed by atoms with Gasteiger partial charge in [0.05, 0.1) is 10.2 Å². The van der Waals surface area contributed by atoms with Crippen LogP contribution in [0, 0.1) is 0 Å². The normalized spacial score (nSPS) is 10.8. The lowest BCUT2D eigenvalue weighted by molar-refractivity contribution is 0.0950. The Bertz CT molecular complexity index is 959. The number of hydrogen-bond donors (Lipinski definition) is 1. The summed E-state index contributed by atoms with van der Waals surface area (Å²) in [5.41, 5.74) is 4.02. The summed E-state index contributed by atoms with van der Waals surface area (Å²) in [5.74, 6) is -0.155. The molecule has 0 aliphatic rings. The van der Waals surface area contributed by atoms with Crippen LogP contribution in [0.25, 0.3) is 21.3 Å². The molecule has 1 amide bonds. The molecule has 4 nitrogen and oxygen atoms in total. The summed E-state index contributed by atoms with van der Waals surface area (Å²) in [7, 11) is 0. The molecule has 24 heavy (non-hydrogen) atoms. The molecule has 4 rings (SSSR count). The lowest BCUT2D eigenvalue weighted by atomic mass is 10.1. The number of hydrogen-bond acceptors (Lipinski definition) is 5. The first kappa shape index (κ1) is 15.0. The van der Waals surface area contributed by atoms with E-state index in [2.05, 4.69) is 26.7 Å². The number of thiophene rings is 1. The maximum absolute atomic E-state index is 12.3. The molecule has 0 bridgehead atoms. The monoisotopic (exact) mass is 351 g/mol. The van der Waals surface area contributed by atoms with Gasteiger partial charge in [-0.1, -0.05) is 12.1 Å². The second kappa shape index (κ2) is 6.51. The number of carbonyl (C=O) groups is 1. The van der Waals surface area contributed by atoms with Gasteiger partial charge >= 0.3 is 0 Å². The zero-order valence-corrected chi connectivity index (χ0v) is 14.2. The molecule has 0 saturated carbocycles. The molecule has 6 heteroatoms.